The number of aromatic nitrogens is 5. The third kappa shape index (κ3) is 6.94. The molecule has 5 nitrogen and oxygen atoms in total. The van der Waals surface area contributed by atoms with Gasteiger partial charge in [-0.2, -0.15) is 0 Å². The summed E-state index contributed by atoms with van der Waals surface area (Å²) in [5, 5.41) is 0. The zero-order valence-corrected chi connectivity index (χ0v) is 29.3. The summed E-state index contributed by atoms with van der Waals surface area (Å²) in [7, 11) is 0. The highest BCUT2D eigenvalue weighted by Gasteiger charge is 2.15. The zero-order chi connectivity index (χ0) is 36.1. The highest BCUT2D eigenvalue weighted by molar-refractivity contribution is 5.78. The highest BCUT2D eigenvalue weighted by atomic mass is 15.0. The van der Waals surface area contributed by atoms with Crippen molar-refractivity contribution in [3.63, 3.8) is 0 Å². The molecule has 9 aromatic rings. The van der Waals surface area contributed by atoms with Crippen molar-refractivity contribution in [2.45, 2.75) is 0 Å². The predicted octanol–water partition coefficient (Wildman–Crippen LogP) is 12.0. The molecule has 0 bridgehead atoms. The Morgan fingerprint density at radius 2 is 0.500 bits per heavy atom. The molecule has 7 aromatic carbocycles. The van der Waals surface area contributed by atoms with E-state index < -0.39 is 0 Å². The summed E-state index contributed by atoms with van der Waals surface area (Å²) in [5.74, 6) is 2.57. The first-order valence-corrected chi connectivity index (χ1v) is 17.9. The van der Waals surface area contributed by atoms with Gasteiger partial charge in [-0.15, -0.1) is 0 Å². The van der Waals surface area contributed by atoms with Gasteiger partial charge in [-0.1, -0.05) is 182 Å². The van der Waals surface area contributed by atoms with Crippen LogP contribution in [0.2, 0.25) is 0 Å². The molecule has 0 N–H and O–H groups in total. The molecular formula is C49H33N5. The van der Waals surface area contributed by atoms with Crippen LogP contribution in [0.5, 0.6) is 0 Å². The van der Waals surface area contributed by atoms with Crippen molar-refractivity contribution in [1.29, 1.82) is 0 Å². The average molecular weight is 692 g/mol. The smallest absolute Gasteiger partial charge is 0.164 e. The molecule has 254 valence electrons. The number of nitrogens with zero attached hydrogens (tertiary/aromatic N) is 5. The van der Waals surface area contributed by atoms with E-state index in [4.69, 9.17) is 24.9 Å². The fraction of sp³-hybridized carbons (Fsp3) is 0. The Bertz CT molecular complexity index is 2620. The van der Waals surface area contributed by atoms with Gasteiger partial charge in [0.25, 0.3) is 0 Å². The second kappa shape index (κ2) is 14.7. The van der Waals surface area contributed by atoms with Gasteiger partial charge >= 0.3 is 0 Å². The van der Waals surface area contributed by atoms with Crippen LogP contribution in [0.1, 0.15) is 0 Å². The van der Waals surface area contributed by atoms with E-state index in [2.05, 4.69) is 115 Å². The van der Waals surface area contributed by atoms with Crippen LogP contribution in [0.15, 0.2) is 200 Å². The van der Waals surface area contributed by atoms with E-state index >= 15 is 0 Å². The van der Waals surface area contributed by atoms with Crippen molar-refractivity contribution >= 4 is 0 Å². The van der Waals surface area contributed by atoms with E-state index in [1.165, 1.54) is 5.56 Å². The van der Waals surface area contributed by atoms with E-state index in [9.17, 15) is 0 Å². The van der Waals surface area contributed by atoms with Gasteiger partial charge < -0.3 is 0 Å². The molecule has 0 aliphatic heterocycles. The maximum Gasteiger partial charge on any atom is 0.164 e. The number of rotatable bonds is 8. The van der Waals surface area contributed by atoms with Crippen molar-refractivity contribution in [3.8, 4) is 90.3 Å². The summed E-state index contributed by atoms with van der Waals surface area (Å²) >= 11 is 0. The van der Waals surface area contributed by atoms with Crippen molar-refractivity contribution in [2.75, 3.05) is 0 Å². The van der Waals surface area contributed by atoms with Crippen LogP contribution in [-0.2, 0) is 0 Å². The van der Waals surface area contributed by atoms with Crippen LogP contribution >= 0.6 is 0 Å². The molecule has 2 heterocycles. The second-order valence-corrected chi connectivity index (χ2v) is 13.0. The van der Waals surface area contributed by atoms with Gasteiger partial charge in [-0.05, 0) is 40.5 Å². The Hall–Kier alpha value is -7.37. The SMILES string of the molecule is c1ccc(-c2ccc(-c3cc(-c4cccc(-c5cccc(-c6nc(-c7ccccc7)nc(-c7ccccc7)n6)c5)c4)nc(-c4ccccc4)n3)cc2)cc1. The predicted molar refractivity (Wildman–Crippen MR) is 219 cm³/mol. The van der Waals surface area contributed by atoms with Crippen LogP contribution in [0.25, 0.3) is 90.3 Å². The maximum absolute atomic E-state index is 5.10. The van der Waals surface area contributed by atoms with Gasteiger partial charge in [0.1, 0.15) is 0 Å². The minimum absolute atomic E-state index is 0.618. The molecule has 0 unspecified atom stereocenters. The Balaban J connectivity index is 1.10. The molecule has 0 amide bonds. The molecule has 0 radical (unpaired) electrons. The van der Waals surface area contributed by atoms with Crippen LogP contribution in [0, 0.1) is 0 Å². The molecule has 0 spiro atoms. The van der Waals surface area contributed by atoms with E-state index in [-0.39, 0.29) is 0 Å². The van der Waals surface area contributed by atoms with Gasteiger partial charge in [-0.3, -0.25) is 0 Å². The zero-order valence-electron chi connectivity index (χ0n) is 29.3. The first-order chi connectivity index (χ1) is 26.7. The van der Waals surface area contributed by atoms with Gasteiger partial charge in [-0.25, -0.2) is 24.9 Å². The highest BCUT2D eigenvalue weighted by Crippen LogP contribution is 2.33. The van der Waals surface area contributed by atoms with Crippen LogP contribution < -0.4 is 0 Å². The Labute approximate surface area is 314 Å². The number of benzene rings is 7. The quantitative estimate of drug-likeness (QED) is 0.159. The summed E-state index contributed by atoms with van der Waals surface area (Å²) in [6, 6.07) is 68.2. The maximum atomic E-state index is 5.10. The fourth-order valence-electron chi connectivity index (χ4n) is 6.56. The Morgan fingerprint density at radius 3 is 1.00 bits per heavy atom. The third-order valence-corrected chi connectivity index (χ3v) is 9.36. The summed E-state index contributed by atoms with van der Waals surface area (Å²) in [5.41, 5.74) is 11.9. The number of hydrogen-bond acceptors (Lipinski definition) is 5. The second-order valence-electron chi connectivity index (χ2n) is 13.0. The minimum atomic E-state index is 0.618. The lowest BCUT2D eigenvalue weighted by molar-refractivity contribution is 1.07. The molecule has 0 aliphatic carbocycles. The number of hydrogen-bond donors (Lipinski definition) is 0. The van der Waals surface area contributed by atoms with E-state index in [1.54, 1.807) is 0 Å². The summed E-state index contributed by atoms with van der Waals surface area (Å²) in [6.45, 7) is 0. The lowest BCUT2D eigenvalue weighted by Crippen LogP contribution is -2.00. The Kier molecular flexibility index (Phi) is 8.86. The molecule has 5 heteroatoms. The lowest BCUT2D eigenvalue weighted by Gasteiger charge is -2.12. The topological polar surface area (TPSA) is 64.5 Å². The summed E-state index contributed by atoms with van der Waals surface area (Å²) < 4.78 is 0. The van der Waals surface area contributed by atoms with E-state index in [1.807, 2.05) is 84.9 Å². The largest absolute Gasteiger partial charge is 0.228 e. The van der Waals surface area contributed by atoms with Crippen LogP contribution in [-0.4, -0.2) is 24.9 Å². The molecule has 0 saturated carbocycles. The van der Waals surface area contributed by atoms with Crippen molar-refractivity contribution in [2.24, 2.45) is 0 Å². The molecule has 9 rings (SSSR count). The van der Waals surface area contributed by atoms with Crippen molar-refractivity contribution in [3.05, 3.63) is 200 Å². The first kappa shape index (κ1) is 32.5. The van der Waals surface area contributed by atoms with Crippen molar-refractivity contribution < 1.29 is 0 Å². The molecule has 2 aromatic heterocycles. The van der Waals surface area contributed by atoms with Gasteiger partial charge in [0.05, 0.1) is 11.4 Å². The molecule has 0 aliphatic rings. The molecule has 0 atom stereocenters. The first-order valence-electron chi connectivity index (χ1n) is 17.9. The minimum Gasteiger partial charge on any atom is -0.228 e. The van der Waals surface area contributed by atoms with Gasteiger partial charge in [0, 0.05) is 33.4 Å². The normalized spacial score (nSPS) is 11.0. The Morgan fingerprint density at radius 1 is 0.185 bits per heavy atom. The van der Waals surface area contributed by atoms with Crippen LogP contribution in [0.4, 0.5) is 0 Å². The lowest BCUT2D eigenvalue weighted by atomic mass is 9.98. The van der Waals surface area contributed by atoms with Gasteiger partial charge in [0.15, 0.2) is 23.3 Å². The van der Waals surface area contributed by atoms with E-state index in [0.717, 1.165) is 61.5 Å². The van der Waals surface area contributed by atoms with E-state index in [0.29, 0.717) is 23.3 Å². The van der Waals surface area contributed by atoms with Crippen LogP contribution in [0.3, 0.4) is 0 Å². The monoisotopic (exact) mass is 691 g/mol. The fourth-order valence-corrected chi connectivity index (χ4v) is 6.56. The summed E-state index contributed by atoms with van der Waals surface area (Å²) in [4.78, 5) is 24.9. The van der Waals surface area contributed by atoms with Gasteiger partial charge in [0.2, 0.25) is 0 Å². The molecule has 0 fully saturated rings. The van der Waals surface area contributed by atoms with Crippen molar-refractivity contribution in [1.82, 2.24) is 24.9 Å². The molecular weight excluding hydrogens is 659 g/mol. The average Bonchev–Trinajstić information content (AvgIpc) is 3.27. The molecule has 54 heavy (non-hydrogen) atoms. The molecule has 0 saturated heterocycles. The third-order valence-electron chi connectivity index (χ3n) is 9.36. The standard InChI is InChI=1S/C49H33N5/c1-5-15-34(16-6-1)35-27-29-36(30-28-35)44-33-45(51-46(50-44)37-17-7-2-8-18-37)42-25-13-23-40(31-42)41-24-14-26-43(32-41)49-53-47(38-19-9-3-10-20-38)52-48(54-49)39-21-11-4-12-22-39/h1-33H. The summed E-state index contributed by atoms with van der Waals surface area (Å²) in [6.07, 6.45) is 0.